The fourth-order valence-corrected chi connectivity index (χ4v) is 4.34. The van der Waals surface area contributed by atoms with Gasteiger partial charge in [0.05, 0.1) is 5.37 Å². The number of rotatable bonds is 3. The molecular formula is C14H24N2O3S. The highest BCUT2D eigenvalue weighted by Gasteiger charge is 2.41. The number of amides is 2. The van der Waals surface area contributed by atoms with E-state index in [1.165, 1.54) is 4.90 Å². The van der Waals surface area contributed by atoms with Gasteiger partial charge in [-0.15, -0.1) is 11.8 Å². The summed E-state index contributed by atoms with van der Waals surface area (Å²) in [4.78, 5) is 25.2. The predicted octanol–water partition coefficient (Wildman–Crippen LogP) is 2.51. The Morgan fingerprint density at radius 1 is 1.30 bits per heavy atom. The highest BCUT2D eigenvalue weighted by atomic mass is 32.2. The van der Waals surface area contributed by atoms with Gasteiger partial charge in [0.15, 0.2) is 0 Å². The van der Waals surface area contributed by atoms with E-state index in [-0.39, 0.29) is 17.4 Å². The lowest BCUT2D eigenvalue weighted by Crippen LogP contribution is -2.52. The van der Waals surface area contributed by atoms with Gasteiger partial charge in [-0.1, -0.05) is 13.8 Å². The number of urea groups is 1. The lowest BCUT2D eigenvalue weighted by molar-refractivity contribution is -0.141. The van der Waals surface area contributed by atoms with Gasteiger partial charge in [0.1, 0.15) is 6.04 Å². The molecule has 2 unspecified atom stereocenters. The van der Waals surface area contributed by atoms with Crippen LogP contribution in [0.5, 0.6) is 0 Å². The number of carbonyl (C=O) groups is 2. The topological polar surface area (TPSA) is 69.6 Å². The van der Waals surface area contributed by atoms with Gasteiger partial charge in [-0.05, 0) is 38.0 Å². The van der Waals surface area contributed by atoms with Crippen LogP contribution in [0.4, 0.5) is 4.79 Å². The summed E-state index contributed by atoms with van der Waals surface area (Å²) in [6, 6.07) is -0.683. The van der Waals surface area contributed by atoms with Crippen LogP contribution < -0.4 is 5.32 Å². The molecule has 0 aromatic heterocycles. The van der Waals surface area contributed by atoms with Crippen molar-refractivity contribution in [2.75, 3.05) is 5.75 Å². The van der Waals surface area contributed by atoms with Crippen molar-refractivity contribution in [3.05, 3.63) is 0 Å². The summed E-state index contributed by atoms with van der Waals surface area (Å²) in [5.74, 6) is 0.324. The highest BCUT2D eigenvalue weighted by molar-refractivity contribution is 8.00. The zero-order chi connectivity index (χ0) is 14.7. The quantitative estimate of drug-likeness (QED) is 0.840. The molecule has 1 heterocycles. The Hall–Kier alpha value is -0.910. The molecule has 2 amide bonds. The molecule has 114 valence electrons. The number of aliphatic carboxylic acids is 1. The van der Waals surface area contributed by atoms with Crippen LogP contribution in [0, 0.1) is 5.92 Å². The molecule has 0 aromatic carbocycles. The second kappa shape index (κ2) is 6.70. The predicted molar refractivity (Wildman–Crippen MR) is 79.8 cm³/mol. The van der Waals surface area contributed by atoms with E-state index >= 15 is 0 Å². The SMILES string of the molecule is CCC1SCC(C(=O)O)N1C(=O)NC1CCC(C)CC1. The molecule has 20 heavy (non-hydrogen) atoms. The van der Waals surface area contributed by atoms with Crippen LogP contribution in [0.3, 0.4) is 0 Å². The van der Waals surface area contributed by atoms with E-state index in [4.69, 9.17) is 0 Å². The van der Waals surface area contributed by atoms with Crippen LogP contribution >= 0.6 is 11.8 Å². The first-order valence-electron chi connectivity index (χ1n) is 7.46. The fourth-order valence-electron chi connectivity index (χ4n) is 2.99. The standard InChI is InChI=1S/C14H24N2O3S/c1-3-12-16(11(8-20-12)13(17)18)14(19)15-10-6-4-9(2)5-7-10/h9-12H,3-8H2,1-2H3,(H,15,19)(H,17,18). The molecule has 6 heteroatoms. The Kier molecular flexibility index (Phi) is 5.18. The Morgan fingerprint density at radius 3 is 2.50 bits per heavy atom. The Balaban J connectivity index is 1.96. The van der Waals surface area contributed by atoms with Gasteiger partial charge in [-0.25, -0.2) is 9.59 Å². The summed E-state index contributed by atoms with van der Waals surface area (Å²) in [6.45, 7) is 4.23. The van der Waals surface area contributed by atoms with Crippen LogP contribution in [0.25, 0.3) is 0 Å². The van der Waals surface area contributed by atoms with Gasteiger partial charge < -0.3 is 10.4 Å². The number of nitrogens with one attached hydrogen (secondary N) is 1. The molecular weight excluding hydrogens is 276 g/mol. The van der Waals surface area contributed by atoms with Crippen molar-refractivity contribution in [1.29, 1.82) is 0 Å². The van der Waals surface area contributed by atoms with Crippen LogP contribution in [0.2, 0.25) is 0 Å². The summed E-state index contributed by atoms with van der Waals surface area (Å²) < 4.78 is 0. The van der Waals surface area contributed by atoms with Crippen LogP contribution in [-0.4, -0.2) is 45.2 Å². The normalized spacial score (nSPS) is 34.0. The molecule has 5 nitrogen and oxygen atoms in total. The Bertz CT molecular complexity index is 369. The molecule has 2 aliphatic rings. The third kappa shape index (κ3) is 3.40. The van der Waals surface area contributed by atoms with Crippen molar-refractivity contribution < 1.29 is 14.7 Å². The fraction of sp³-hybridized carbons (Fsp3) is 0.857. The number of thioether (sulfide) groups is 1. The van der Waals surface area contributed by atoms with Crippen LogP contribution in [0.1, 0.15) is 46.0 Å². The van der Waals surface area contributed by atoms with Crippen molar-refractivity contribution in [1.82, 2.24) is 10.2 Å². The van der Waals surface area contributed by atoms with Crippen molar-refractivity contribution in [3.63, 3.8) is 0 Å². The molecule has 0 radical (unpaired) electrons. The molecule has 1 saturated carbocycles. The molecule has 1 aliphatic carbocycles. The third-order valence-corrected chi connectivity index (χ3v) is 5.76. The first-order chi connectivity index (χ1) is 9.52. The van der Waals surface area contributed by atoms with Gasteiger partial charge >= 0.3 is 12.0 Å². The number of carbonyl (C=O) groups excluding carboxylic acids is 1. The second-order valence-corrected chi connectivity index (χ2v) is 7.07. The first kappa shape index (κ1) is 15.5. The maximum atomic E-state index is 12.4. The maximum Gasteiger partial charge on any atom is 0.327 e. The van der Waals surface area contributed by atoms with Gasteiger partial charge in [-0.2, -0.15) is 0 Å². The monoisotopic (exact) mass is 300 g/mol. The number of hydrogen-bond acceptors (Lipinski definition) is 3. The zero-order valence-electron chi connectivity index (χ0n) is 12.2. The largest absolute Gasteiger partial charge is 0.480 e. The van der Waals surface area contributed by atoms with E-state index in [1.807, 2.05) is 6.92 Å². The lowest BCUT2D eigenvalue weighted by atomic mass is 9.87. The molecule has 2 atom stereocenters. The van der Waals surface area contributed by atoms with E-state index in [2.05, 4.69) is 12.2 Å². The lowest BCUT2D eigenvalue weighted by Gasteiger charge is -2.32. The summed E-state index contributed by atoms with van der Waals surface area (Å²) in [5.41, 5.74) is 0. The number of carboxylic acids is 1. The van der Waals surface area contributed by atoms with E-state index in [0.717, 1.165) is 38.0 Å². The zero-order valence-corrected chi connectivity index (χ0v) is 13.0. The molecule has 0 aromatic rings. The van der Waals surface area contributed by atoms with Crippen molar-refractivity contribution in [2.24, 2.45) is 5.92 Å². The van der Waals surface area contributed by atoms with Gasteiger partial charge in [0.2, 0.25) is 0 Å². The minimum absolute atomic E-state index is 0.0152. The number of nitrogens with zero attached hydrogens (tertiary/aromatic N) is 1. The summed E-state index contributed by atoms with van der Waals surface area (Å²) in [5, 5.41) is 12.3. The van der Waals surface area contributed by atoms with Crippen molar-refractivity contribution in [2.45, 2.75) is 63.4 Å². The molecule has 0 bridgehead atoms. The summed E-state index contributed by atoms with van der Waals surface area (Å²) in [6.07, 6.45) is 5.06. The van der Waals surface area contributed by atoms with Gasteiger partial charge in [0, 0.05) is 11.8 Å². The molecule has 2 fully saturated rings. The Labute approximate surface area is 124 Å². The average Bonchev–Trinajstić information content (AvgIpc) is 2.85. The van der Waals surface area contributed by atoms with Gasteiger partial charge in [-0.3, -0.25) is 4.90 Å². The van der Waals surface area contributed by atoms with Crippen LogP contribution in [0.15, 0.2) is 0 Å². The maximum absolute atomic E-state index is 12.4. The van der Waals surface area contributed by atoms with Gasteiger partial charge in [0.25, 0.3) is 0 Å². The molecule has 0 spiro atoms. The van der Waals surface area contributed by atoms with E-state index in [1.54, 1.807) is 11.8 Å². The van der Waals surface area contributed by atoms with Crippen LogP contribution in [-0.2, 0) is 4.79 Å². The van der Waals surface area contributed by atoms with Crippen molar-refractivity contribution in [3.8, 4) is 0 Å². The molecule has 1 aliphatic heterocycles. The minimum atomic E-state index is -0.902. The number of carboxylic acid groups (broad SMARTS) is 1. The summed E-state index contributed by atoms with van der Waals surface area (Å²) >= 11 is 1.56. The van der Waals surface area contributed by atoms with E-state index < -0.39 is 12.0 Å². The Morgan fingerprint density at radius 2 is 1.95 bits per heavy atom. The highest BCUT2D eigenvalue weighted by Crippen LogP contribution is 2.32. The average molecular weight is 300 g/mol. The molecule has 1 saturated heterocycles. The van der Waals surface area contributed by atoms with Crippen molar-refractivity contribution >= 4 is 23.8 Å². The third-order valence-electron chi connectivity index (χ3n) is 4.30. The molecule has 2 rings (SSSR count). The summed E-state index contributed by atoms with van der Waals surface area (Å²) in [7, 11) is 0. The first-order valence-corrected chi connectivity index (χ1v) is 8.51. The minimum Gasteiger partial charge on any atom is -0.480 e. The smallest absolute Gasteiger partial charge is 0.327 e. The second-order valence-electron chi connectivity index (χ2n) is 5.86. The number of hydrogen-bond donors (Lipinski definition) is 2. The van der Waals surface area contributed by atoms with E-state index in [0.29, 0.717) is 5.75 Å². The molecule has 2 N–H and O–H groups in total. The van der Waals surface area contributed by atoms with E-state index in [9.17, 15) is 14.7 Å².